The quantitative estimate of drug-likeness (QED) is 0.716. The zero-order valence-electron chi connectivity index (χ0n) is 13.2. The molecule has 5 heteroatoms. The van der Waals surface area contributed by atoms with Crippen LogP contribution in [0, 0.1) is 19.8 Å². The normalized spacial score (nSPS) is 12.9. The first-order valence-electron chi connectivity index (χ1n) is 7.30. The number of nitrogens with zero attached hydrogens (tertiary/aromatic N) is 1. The van der Waals surface area contributed by atoms with Gasteiger partial charge in [-0.25, -0.2) is 4.98 Å². The maximum Gasteiger partial charge on any atom is 0.255 e. The first-order chi connectivity index (χ1) is 9.41. The monoisotopic (exact) mass is 281 g/mol. The molecule has 0 aliphatic rings. The van der Waals surface area contributed by atoms with Gasteiger partial charge in [0.2, 0.25) is 0 Å². The molecule has 114 valence electrons. The number of hydrogen-bond donors (Lipinski definition) is 2. The van der Waals surface area contributed by atoms with Gasteiger partial charge in [-0.1, -0.05) is 13.8 Å². The van der Waals surface area contributed by atoms with Crippen LogP contribution in [0.25, 0.3) is 0 Å². The summed E-state index contributed by atoms with van der Waals surface area (Å²) in [7, 11) is 0. The molecule has 2 N–H and O–H groups in total. The summed E-state index contributed by atoms with van der Waals surface area (Å²) in [4.78, 5) is 19.0. The van der Waals surface area contributed by atoms with E-state index < -0.39 is 0 Å². The molecule has 0 radical (unpaired) electrons. The van der Waals surface area contributed by atoms with Crippen molar-refractivity contribution in [2.75, 3.05) is 19.8 Å². The van der Waals surface area contributed by atoms with Crippen molar-refractivity contribution in [1.82, 2.24) is 15.3 Å². The molecule has 0 saturated carbocycles. The van der Waals surface area contributed by atoms with Gasteiger partial charge < -0.3 is 15.0 Å². The molecule has 0 aliphatic heterocycles. The fourth-order valence-electron chi connectivity index (χ4n) is 2.16. The summed E-state index contributed by atoms with van der Waals surface area (Å²) < 4.78 is 5.53. The molecule has 1 aromatic rings. The Morgan fingerprint density at radius 3 is 2.60 bits per heavy atom. The molecule has 1 rings (SSSR count). The molecule has 0 aromatic carbocycles. The van der Waals surface area contributed by atoms with Gasteiger partial charge in [0.1, 0.15) is 5.82 Å². The average Bonchev–Trinajstić information content (AvgIpc) is 2.31. The molecule has 1 aromatic heterocycles. The van der Waals surface area contributed by atoms with Crippen LogP contribution in [0.2, 0.25) is 0 Å². The molecule has 0 bridgehead atoms. The minimum absolute atomic E-state index is 0.00283. The largest absolute Gasteiger partial charge is 0.381 e. The molecule has 0 fully saturated rings. The van der Waals surface area contributed by atoms with Gasteiger partial charge in [0.15, 0.2) is 0 Å². The molecule has 0 aliphatic carbocycles. The van der Waals surface area contributed by atoms with E-state index in [2.05, 4.69) is 29.1 Å². The van der Waals surface area contributed by atoms with E-state index in [0.717, 1.165) is 37.4 Å². The number of aromatic amines is 1. The maximum absolute atomic E-state index is 12.0. The van der Waals surface area contributed by atoms with Gasteiger partial charge in [0, 0.05) is 24.9 Å². The van der Waals surface area contributed by atoms with Crippen LogP contribution >= 0.6 is 0 Å². The molecular weight excluding hydrogens is 254 g/mol. The molecule has 0 amide bonds. The summed E-state index contributed by atoms with van der Waals surface area (Å²) >= 11 is 0. The molecule has 5 nitrogen and oxygen atoms in total. The van der Waals surface area contributed by atoms with Crippen LogP contribution in [0.15, 0.2) is 4.79 Å². The van der Waals surface area contributed by atoms with E-state index in [0.29, 0.717) is 11.7 Å². The van der Waals surface area contributed by atoms with E-state index in [1.165, 1.54) is 0 Å². The summed E-state index contributed by atoms with van der Waals surface area (Å²) in [5, 5.41) is 3.35. The zero-order valence-corrected chi connectivity index (χ0v) is 13.2. The Labute approximate surface area is 121 Å². The van der Waals surface area contributed by atoms with Crippen molar-refractivity contribution in [3.8, 4) is 0 Å². The number of aromatic nitrogens is 2. The van der Waals surface area contributed by atoms with Crippen LogP contribution in [0.5, 0.6) is 0 Å². The van der Waals surface area contributed by atoms with Gasteiger partial charge in [-0.3, -0.25) is 4.79 Å². The third-order valence-corrected chi connectivity index (χ3v) is 3.06. The van der Waals surface area contributed by atoms with Crippen molar-refractivity contribution in [2.24, 2.45) is 5.92 Å². The number of rotatable bonds is 8. The van der Waals surface area contributed by atoms with Crippen LogP contribution in [0.4, 0.5) is 0 Å². The first-order valence-corrected chi connectivity index (χ1v) is 7.30. The summed E-state index contributed by atoms with van der Waals surface area (Å²) in [6, 6.07) is -0.00283. The second kappa shape index (κ2) is 8.17. The maximum atomic E-state index is 12.0. The Bertz CT molecular complexity index is 469. The van der Waals surface area contributed by atoms with E-state index in [4.69, 9.17) is 4.74 Å². The number of hydrogen-bond acceptors (Lipinski definition) is 4. The molecule has 1 atom stereocenters. The number of aryl methyl sites for hydroxylation is 2. The summed E-state index contributed by atoms with van der Waals surface area (Å²) in [5.74, 6) is 1.23. The predicted octanol–water partition coefficient (Wildman–Crippen LogP) is 2.10. The van der Waals surface area contributed by atoms with Crippen LogP contribution in [-0.2, 0) is 4.74 Å². The van der Waals surface area contributed by atoms with Crippen molar-refractivity contribution < 1.29 is 4.74 Å². The highest BCUT2D eigenvalue weighted by Crippen LogP contribution is 2.10. The molecule has 0 spiro atoms. The van der Waals surface area contributed by atoms with Gasteiger partial charge >= 0.3 is 0 Å². The van der Waals surface area contributed by atoms with Crippen molar-refractivity contribution in [2.45, 2.75) is 47.1 Å². The Balaban J connectivity index is 2.40. The van der Waals surface area contributed by atoms with E-state index in [-0.39, 0.29) is 11.6 Å². The molecule has 1 heterocycles. The van der Waals surface area contributed by atoms with E-state index in [1.54, 1.807) is 6.92 Å². The van der Waals surface area contributed by atoms with Crippen molar-refractivity contribution in [3.63, 3.8) is 0 Å². The van der Waals surface area contributed by atoms with Crippen LogP contribution < -0.4 is 10.9 Å². The fraction of sp³-hybridized carbons (Fsp3) is 0.733. The lowest BCUT2D eigenvalue weighted by atomic mass is 10.1. The number of nitrogens with one attached hydrogen (secondary N) is 2. The van der Waals surface area contributed by atoms with Crippen molar-refractivity contribution in [3.05, 3.63) is 27.4 Å². The lowest BCUT2D eigenvalue weighted by molar-refractivity contribution is 0.107. The van der Waals surface area contributed by atoms with Crippen LogP contribution in [0.1, 0.15) is 50.3 Å². The molecule has 0 saturated heterocycles. The lowest BCUT2D eigenvalue weighted by Crippen LogP contribution is -2.29. The minimum atomic E-state index is -0.0499. The lowest BCUT2D eigenvalue weighted by Gasteiger charge is -2.15. The number of ether oxygens (including phenoxy) is 1. The molecular formula is C15H27N3O2. The number of H-pyrrole nitrogens is 1. The smallest absolute Gasteiger partial charge is 0.255 e. The van der Waals surface area contributed by atoms with Crippen LogP contribution in [0.3, 0.4) is 0 Å². The van der Waals surface area contributed by atoms with E-state index >= 15 is 0 Å². The zero-order chi connectivity index (χ0) is 15.1. The SMILES string of the molecule is Cc1nc(C)c(C(C)NCCCOCC(C)C)c(=O)[nH]1. The highest BCUT2D eigenvalue weighted by atomic mass is 16.5. The highest BCUT2D eigenvalue weighted by molar-refractivity contribution is 5.19. The minimum Gasteiger partial charge on any atom is -0.381 e. The average molecular weight is 281 g/mol. The third-order valence-electron chi connectivity index (χ3n) is 3.06. The summed E-state index contributed by atoms with van der Waals surface area (Å²) in [6.07, 6.45) is 0.938. The van der Waals surface area contributed by atoms with Gasteiger partial charge in [-0.2, -0.15) is 0 Å². The van der Waals surface area contributed by atoms with Gasteiger partial charge in [-0.15, -0.1) is 0 Å². The van der Waals surface area contributed by atoms with Crippen molar-refractivity contribution in [1.29, 1.82) is 0 Å². The predicted molar refractivity (Wildman–Crippen MR) is 81.0 cm³/mol. The summed E-state index contributed by atoms with van der Waals surface area (Å²) in [6.45, 7) is 12.3. The van der Waals surface area contributed by atoms with Gasteiger partial charge in [0.05, 0.1) is 5.56 Å². The first kappa shape index (κ1) is 16.9. The van der Waals surface area contributed by atoms with Gasteiger partial charge in [0.25, 0.3) is 5.56 Å². The molecule has 1 unspecified atom stereocenters. The fourth-order valence-corrected chi connectivity index (χ4v) is 2.16. The second-order valence-electron chi connectivity index (χ2n) is 5.65. The summed E-state index contributed by atoms with van der Waals surface area (Å²) in [5.41, 5.74) is 1.46. The second-order valence-corrected chi connectivity index (χ2v) is 5.65. The Morgan fingerprint density at radius 2 is 2.00 bits per heavy atom. The van der Waals surface area contributed by atoms with E-state index in [1.807, 2.05) is 13.8 Å². The third kappa shape index (κ3) is 5.43. The molecule has 20 heavy (non-hydrogen) atoms. The highest BCUT2D eigenvalue weighted by Gasteiger charge is 2.13. The standard InChI is InChI=1S/C15H27N3O2/c1-10(2)9-20-8-6-7-16-11(3)14-12(4)17-13(5)18-15(14)19/h10-11,16H,6-9H2,1-5H3,(H,17,18,19). The Morgan fingerprint density at radius 1 is 1.30 bits per heavy atom. The van der Waals surface area contributed by atoms with Crippen LogP contribution in [-0.4, -0.2) is 29.7 Å². The van der Waals surface area contributed by atoms with Gasteiger partial charge in [-0.05, 0) is 39.7 Å². The Kier molecular flexibility index (Phi) is 6.88. The topological polar surface area (TPSA) is 67.0 Å². The van der Waals surface area contributed by atoms with Crippen molar-refractivity contribution >= 4 is 0 Å². The Hall–Kier alpha value is -1.20. The van der Waals surface area contributed by atoms with E-state index in [9.17, 15) is 4.79 Å².